The average Bonchev–Trinajstić information content (AvgIpc) is 2.37. The number of alkyl halides is 3. The number of rotatable bonds is 3. The third-order valence-corrected chi connectivity index (χ3v) is 2.88. The van der Waals surface area contributed by atoms with Gasteiger partial charge in [0.15, 0.2) is 6.10 Å². The first-order valence-corrected chi connectivity index (χ1v) is 5.79. The third-order valence-electron chi connectivity index (χ3n) is 2.88. The third kappa shape index (κ3) is 2.68. The minimum Gasteiger partial charge on any atom is -0.481 e. The fourth-order valence-electron chi connectivity index (χ4n) is 1.82. The molecule has 2 rings (SSSR count). The standard InChI is InChI=1S/C14H11F3O3/c1-8(14(15,16)17)20-12-7-6-11(13(18)19)9-4-2-3-5-10(9)12/h2-8H,1H3,(H,18,19). The lowest BCUT2D eigenvalue weighted by molar-refractivity contribution is -0.188. The van der Waals surface area contributed by atoms with E-state index in [1.807, 2.05) is 0 Å². The van der Waals surface area contributed by atoms with Crippen molar-refractivity contribution in [1.82, 2.24) is 0 Å². The summed E-state index contributed by atoms with van der Waals surface area (Å²) in [4.78, 5) is 11.1. The summed E-state index contributed by atoms with van der Waals surface area (Å²) in [6, 6.07) is 8.77. The van der Waals surface area contributed by atoms with E-state index in [0.29, 0.717) is 10.8 Å². The van der Waals surface area contributed by atoms with Crippen molar-refractivity contribution in [3.05, 3.63) is 42.0 Å². The number of halogens is 3. The molecule has 0 amide bonds. The zero-order chi connectivity index (χ0) is 14.9. The molecule has 0 bridgehead atoms. The van der Waals surface area contributed by atoms with Crippen LogP contribution in [0, 0.1) is 0 Å². The summed E-state index contributed by atoms with van der Waals surface area (Å²) >= 11 is 0. The van der Waals surface area contributed by atoms with Crippen LogP contribution >= 0.6 is 0 Å². The number of carboxylic acid groups (broad SMARTS) is 1. The smallest absolute Gasteiger partial charge is 0.425 e. The highest BCUT2D eigenvalue weighted by atomic mass is 19.4. The van der Waals surface area contributed by atoms with Crippen LogP contribution in [-0.2, 0) is 0 Å². The van der Waals surface area contributed by atoms with Crippen molar-refractivity contribution in [2.24, 2.45) is 0 Å². The molecule has 106 valence electrons. The van der Waals surface area contributed by atoms with Gasteiger partial charge >= 0.3 is 12.1 Å². The van der Waals surface area contributed by atoms with Crippen LogP contribution < -0.4 is 4.74 Å². The molecule has 3 nitrogen and oxygen atoms in total. The molecule has 0 fully saturated rings. The highest BCUT2D eigenvalue weighted by Gasteiger charge is 2.38. The molecule has 2 aromatic carbocycles. The number of carbonyl (C=O) groups is 1. The molecule has 1 N–H and O–H groups in total. The van der Waals surface area contributed by atoms with Crippen molar-refractivity contribution in [2.45, 2.75) is 19.2 Å². The Kier molecular flexibility index (Phi) is 3.57. The summed E-state index contributed by atoms with van der Waals surface area (Å²) in [5.74, 6) is -1.13. The average molecular weight is 284 g/mol. The molecule has 0 aliphatic heterocycles. The van der Waals surface area contributed by atoms with Crippen LogP contribution in [0.25, 0.3) is 10.8 Å². The van der Waals surface area contributed by atoms with Gasteiger partial charge in [-0.1, -0.05) is 24.3 Å². The lowest BCUT2D eigenvalue weighted by Gasteiger charge is -2.19. The lowest BCUT2D eigenvalue weighted by atomic mass is 10.0. The number of benzene rings is 2. The quantitative estimate of drug-likeness (QED) is 0.930. The number of hydrogen-bond donors (Lipinski definition) is 1. The lowest BCUT2D eigenvalue weighted by Crippen LogP contribution is -2.31. The molecule has 20 heavy (non-hydrogen) atoms. The van der Waals surface area contributed by atoms with Crippen LogP contribution in [0.1, 0.15) is 17.3 Å². The molecule has 6 heteroatoms. The second kappa shape index (κ2) is 5.03. The molecule has 1 atom stereocenters. The maximum Gasteiger partial charge on any atom is 0.425 e. The molecule has 0 aliphatic carbocycles. The van der Waals surface area contributed by atoms with E-state index in [0.717, 1.165) is 6.92 Å². The Morgan fingerprint density at radius 1 is 1.15 bits per heavy atom. The predicted molar refractivity (Wildman–Crippen MR) is 67.1 cm³/mol. The van der Waals surface area contributed by atoms with E-state index in [-0.39, 0.29) is 11.3 Å². The van der Waals surface area contributed by atoms with Crippen molar-refractivity contribution in [2.75, 3.05) is 0 Å². The monoisotopic (exact) mass is 284 g/mol. The fourth-order valence-corrected chi connectivity index (χ4v) is 1.82. The first-order valence-electron chi connectivity index (χ1n) is 5.79. The van der Waals surface area contributed by atoms with E-state index in [9.17, 15) is 18.0 Å². The van der Waals surface area contributed by atoms with Crippen molar-refractivity contribution in [1.29, 1.82) is 0 Å². The van der Waals surface area contributed by atoms with Gasteiger partial charge in [-0.3, -0.25) is 0 Å². The van der Waals surface area contributed by atoms with Gasteiger partial charge in [-0.15, -0.1) is 0 Å². The molecule has 0 radical (unpaired) electrons. The Morgan fingerprint density at radius 3 is 2.30 bits per heavy atom. The largest absolute Gasteiger partial charge is 0.481 e. The molecule has 0 spiro atoms. The first-order chi connectivity index (χ1) is 9.30. The summed E-state index contributed by atoms with van der Waals surface area (Å²) in [6.45, 7) is 0.903. The number of aromatic carboxylic acids is 1. The van der Waals surface area contributed by atoms with Gasteiger partial charge in [-0.25, -0.2) is 4.79 Å². The minimum absolute atomic E-state index is 0.00965. The van der Waals surface area contributed by atoms with Crippen LogP contribution in [0.15, 0.2) is 36.4 Å². The number of hydrogen-bond acceptors (Lipinski definition) is 2. The highest BCUT2D eigenvalue weighted by molar-refractivity contribution is 6.05. The van der Waals surface area contributed by atoms with E-state index >= 15 is 0 Å². The summed E-state index contributed by atoms with van der Waals surface area (Å²) in [7, 11) is 0. The Bertz CT molecular complexity index is 650. The van der Waals surface area contributed by atoms with Gasteiger partial charge in [0, 0.05) is 5.39 Å². The van der Waals surface area contributed by atoms with Crippen molar-refractivity contribution in [3.63, 3.8) is 0 Å². The normalized spacial score (nSPS) is 13.2. The molecule has 0 aliphatic rings. The number of carboxylic acids is 1. The molecule has 0 saturated heterocycles. The SMILES string of the molecule is CC(Oc1ccc(C(=O)O)c2ccccc12)C(F)(F)F. The molecule has 0 saturated carbocycles. The second-order valence-corrected chi connectivity index (χ2v) is 4.26. The van der Waals surface area contributed by atoms with Crippen LogP contribution in [-0.4, -0.2) is 23.4 Å². The molecular formula is C14H11F3O3. The van der Waals surface area contributed by atoms with E-state index < -0.39 is 18.2 Å². The molecule has 1 unspecified atom stereocenters. The topological polar surface area (TPSA) is 46.5 Å². The molecule has 0 heterocycles. The van der Waals surface area contributed by atoms with Crippen LogP contribution in [0.2, 0.25) is 0 Å². The highest BCUT2D eigenvalue weighted by Crippen LogP contribution is 2.32. The van der Waals surface area contributed by atoms with Gasteiger partial charge in [0.2, 0.25) is 0 Å². The maximum absolute atomic E-state index is 12.5. The van der Waals surface area contributed by atoms with Crippen LogP contribution in [0.4, 0.5) is 13.2 Å². The summed E-state index contributed by atoms with van der Waals surface area (Å²) in [5, 5.41) is 9.74. The van der Waals surface area contributed by atoms with Gasteiger partial charge in [0.25, 0.3) is 0 Å². The molecule has 2 aromatic rings. The number of fused-ring (bicyclic) bond motifs is 1. The Labute approximate surface area is 112 Å². The van der Waals surface area contributed by atoms with Gasteiger partial charge in [-0.2, -0.15) is 13.2 Å². The van der Waals surface area contributed by atoms with Crippen molar-refractivity contribution < 1.29 is 27.8 Å². The Balaban J connectivity index is 2.51. The van der Waals surface area contributed by atoms with Crippen molar-refractivity contribution in [3.8, 4) is 5.75 Å². The predicted octanol–water partition coefficient (Wildman–Crippen LogP) is 3.87. The maximum atomic E-state index is 12.5. The van der Waals surface area contributed by atoms with Gasteiger partial charge < -0.3 is 9.84 Å². The summed E-state index contributed by atoms with van der Waals surface area (Å²) in [5.41, 5.74) is 0.0209. The van der Waals surface area contributed by atoms with Gasteiger partial charge in [0.05, 0.1) is 5.56 Å². The van der Waals surface area contributed by atoms with E-state index in [1.165, 1.54) is 24.3 Å². The van der Waals surface area contributed by atoms with Gasteiger partial charge in [-0.05, 0) is 24.4 Å². The second-order valence-electron chi connectivity index (χ2n) is 4.26. The van der Waals surface area contributed by atoms with Crippen LogP contribution in [0.3, 0.4) is 0 Å². The molecular weight excluding hydrogens is 273 g/mol. The summed E-state index contributed by atoms with van der Waals surface area (Å²) in [6.07, 6.45) is -6.45. The minimum atomic E-state index is -4.48. The van der Waals surface area contributed by atoms with E-state index in [4.69, 9.17) is 9.84 Å². The van der Waals surface area contributed by atoms with Crippen molar-refractivity contribution >= 4 is 16.7 Å². The number of ether oxygens (including phenoxy) is 1. The van der Waals surface area contributed by atoms with Gasteiger partial charge in [0.1, 0.15) is 5.75 Å². The Hall–Kier alpha value is -2.24. The Morgan fingerprint density at radius 2 is 1.75 bits per heavy atom. The van der Waals surface area contributed by atoms with E-state index in [2.05, 4.69) is 0 Å². The molecule has 0 aromatic heterocycles. The fraction of sp³-hybridized carbons (Fsp3) is 0.214. The zero-order valence-electron chi connectivity index (χ0n) is 10.4. The first kappa shape index (κ1) is 14.2. The summed E-state index contributed by atoms with van der Waals surface area (Å²) < 4.78 is 42.5. The van der Waals surface area contributed by atoms with E-state index in [1.54, 1.807) is 12.1 Å². The van der Waals surface area contributed by atoms with Crippen LogP contribution in [0.5, 0.6) is 5.75 Å². The zero-order valence-corrected chi connectivity index (χ0v) is 10.4.